The van der Waals surface area contributed by atoms with Crippen LogP contribution in [-0.2, 0) is 0 Å². The minimum Gasteiger partial charge on any atom is -0.504 e. The molecule has 0 spiro atoms. The van der Waals surface area contributed by atoms with Crippen LogP contribution in [0.4, 0.5) is 10.1 Å². The van der Waals surface area contributed by atoms with Crippen molar-refractivity contribution in [3.05, 3.63) is 52.9 Å². The molecule has 4 rings (SSSR count). The van der Waals surface area contributed by atoms with Crippen LogP contribution in [0.15, 0.2) is 36.5 Å². The Morgan fingerprint density at radius 1 is 1.17 bits per heavy atom. The normalized spacial score (nSPS) is 18.2. The molecule has 1 heterocycles. The highest BCUT2D eigenvalue weighted by atomic mass is 35.5. The predicted molar refractivity (Wildman–Crippen MR) is 141 cm³/mol. The van der Waals surface area contributed by atoms with Gasteiger partial charge < -0.3 is 15.3 Å². The smallest absolute Gasteiger partial charge is 0.170 e. The molecule has 5 nitrogen and oxygen atoms in total. The molecular weight excluding hydrogens is 465 g/mol. The lowest BCUT2D eigenvalue weighted by atomic mass is 9.85. The standard InChI is InChI=1S/C28H33ClFN3O2/c1-4-5-26(34)22-15-31-25-11-8-18(19-13-23(29)28(35)24(30)14-19)12-21(25)27(22)32-20-9-6-17(7-10-20)16-33(2)3/h8,11-15,17,20,35H,4-7,9-10,16H2,1-3H3,(H,31,32)/t17-,20-. The number of aromatic hydroxyl groups is 1. The van der Waals surface area contributed by atoms with Crippen molar-refractivity contribution in [1.29, 1.82) is 0 Å². The monoisotopic (exact) mass is 497 g/mol. The van der Waals surface area contributed by atoms with Crippen molar-refractivity contribution in [2.75, 3.05) is 26.0 Å². The molecule has 0 unspecified atom stereocenters. The largest absolute Gasteiger partial charge is 0.504 e. The first kappa shape index (κ1) is 25.4. The van der Waals surface area contributed by atoms with Gasteiger partial charge in [-0.05, 0) is 87.5 Å². The second-order valence-electron chi connectivity index (χ2n) is 9.86. The van der Waals surface area contributed by atoms with Gasteiger partial charge in [-0.15, -0.1) is 0 Å². The number of anilines is 1. The summed E-state index contributed by atoms with van der Waals surface area (Å²) in [6, 6.07) is 8.72. The van der Waals surface area contributed by atoms with Crippen LogP contribution in [0.5, 0.6) is 5.75 Å². The second kappa shape index (κ2) is 10.9. The lowest BCUT2D eigenvalue weighted by molar-refractivity contribution is 0.0982. The van der Waals surface area contributed by atoms with Crippen LogP contribution in [0.25, 0.3) is 22.0 Å². The molecule has 3 aromatic rings. The molecule has 0 amide bonds. The van der Waals surface area contributed by atoms with Crippen molar-refractivity contribution in [1.82, 2.24) is 9.88 Å². The Morgan fingerprint density at radius 2 is 1.91 bits per heavy atom. The summed E-state index contributed by atoms with van der Waals surface area (Å²) in [6.45, 7) is 3.09. The number of halogens is 2. The summed E-state index contributed by atoms with van der Waals surface area (Å²) >= 11 is 6.03. The number of benzene rings is 2. The highest BCUT2D eigenvalue weighted by molar-refractivity contribution is 6.32. The number of Topliss-reactive ketones (excluding diaryl/α,β-unsaturated/α-hetero) is 1. The van der Waals surface area contributed by atoms with E-state index in [9.17, 15) is 14.3 Å². The number of hydrogen-bond acceptors (Lipinski definition) is 5. The van der Waals surface area contributed by atoms with Gasteiger partial charge in [-0.1, -0.05) is 24.6 Å². The first-order chi connectivity index (χ1) is 16.8. The third-order valence-electron chi connectivity index (χ3n) is 6.81. The number of fused-ring (bicyclic) bond motifs is 1. The Balaban J connectivity index is 1.73. The number of phenolic OH excluding ortho intramolecular Hbond substituents is 1. The van der Waals surface area contributed by atoms with Crippen LogP contribution in [-0.4, -0.2) is 47.5 Å². The van der Waals surface area contributed by atoms with E-state index < -0.39 is 11.6 Å². The van der Waals surface area contributed by atoms with Gasteiger partial charge in [-0.3, -0.25) is 9.78 Å². The summed E-state index contributed by atoms with van der Waals surface area (Å²) in [5.74, 6) is -0.572. The molecule has 1 aliphatic rings. The fraction of sp³-hybridized carbons (Fsp3) is 0.429. The number of pyridine rings is 1. The lowest BCUT2D eigenvalue weighted by Gasteiger charge is -2.32. The topological polar surface area (TPSA) is 65.5 Å². The molecule has 0 atom stereocenters. The Labute approximate surface area is 211 Å². The number of nitrogens with zero attached hydrogens (tertiary/aromatic N) is 2. The Morgan fingerprint density at radius 3 is 2.57 bits per heavy atom. The molecule has 0 aliphatic heterocycles. The predicted octanol–water partition coefficient (Wildman–Crippen LogP) is 6.92. The molecule has 1 aromatic heterocycles. The van der Waals surface area contributed by atoms with Gasteiger partial charge in [0, 0.05) is 30.6 Å². The highest BCUT2D eigenvalue weighted by Crippen LogP contribution is 2.37. The molecule has 0 radical (unpaired) electrons. The van der Waals surface area contributed by atoms with Gasteiger partial charge in [-0.2, -0.15) is 0 Å². The zero-order chi connectivity index (χ0) is 25.1. The minimum atomic E-state index is -0.773. The quantitative estimate of drug-likeness (QED) is 0.331. The summed E-state index contributed by atoms with van der Waals surface area (Å²) in [6.07, 6.45) is 7.27. The maximum Gasteiger partial charge on any atom is 0.170 e. The van der Waals surface area contributed by atoms with E-state index in [-0.39, 0.29) is 16.8 Å². The molecule has 0 bridgehead atoms. The summed E-state index contributed by atoms with van der Waals surface area (Å²) in [4.78, 5) is 19.8. The van der Waals surface area contributed by atoms with Crippen LogP contribution in [0.3, 0.4) is 0 Å². The van der Waals surface area contributed by atoms with E-state index in [1.165, 1.54) is 6.07 Å². The average molecular weight is 498 g/mol. The zero-order valence-electron chi connectivity index (χ0n) is 20.6. The van der Waals surface area contributed by atoms with E-state index in [4.69, 9.17) is 11.6 Å². The van der Waals surface area contributed by atoms with Gasteiger partial charge in [0.1, 0.15) is 0 Å². The van der Waals surface area contributed by atoms with Crippen molar-refractivity contribution in [2.45, 2.75) is 51.5 Å². The SMILES string of the molecule is CCCC(=O)c1cnc2ccc(-c3cc(F)c(O)c(Cl)c3)cc2c1N[C@H]1CC[C@H](CN(C)C)CC1. The van der Waals surface area contributed by atoms with E-state index in [1.54, 1.807) is 12.3 Å². The van der Waals surface area contributed by atoms with E-state index in [0.29, 0.717) is 23.5 Å². The number of ketones is 1. The summed E-state index contributed by atoms with van der Waals surface area (Å²) in [5, 5.41) is 14.2. The maximum absolute atomic E-state index is 14.2. The molecule has 35 heavy (non-hydrogen) atoms. The van der Waals surface area contributed by atoms with Crippen LogP contribution < -0.4 is 5.32 Å². The summed E-state index contributed by atoms with van der Waals surface area (Å²) in [7, 11) is 4.23. The Bertz CT molecular complexity index is 1200. The first-order valence-electron chi connectivity index (χ1n) is 12.3. The van der Waals surface area contributed by atoms with E-state index in [1.807, 2.05) is 25.1 Å². The van der Waals surface area contributed by atoms with Crippen molar-refractivity contribution in [3.8, 4) is 16.9 Å². The van der Waals surface area contributed by atoms with Crippen molar-refractivity contribution in [3.63, 3.8) is 0 Å². The fourth-order valence-corrected chi connectivity index (χ4v) is 5.25. The number of phenols is 1. The maximum atomic E-state index is 14.2. The van der Waals surface area contributed by atoms with E-state index >= 15 is 0 Å². The molecule has 0 saturated heterocycles. The molecule has 1 fully saturated rings. The van der Waals surface area contributed by atoms with Crippen LogP contribution in [0.2, 0.25) is 5.02 Å². The number of hydrogen-bond donors (Lipinski definition) is 2. The van der Waals surface area contributed by atoms with Crippen LogP contribution >= 0.6 is 11.6 Å². The number of aromatic nitrogens is 1. The third kappa shape index (κ3) is 5.76. The average Bonchev–Trinajstić information content (AvgIpc) is 2.83. The molecular formula is C28H33ClFN3O2. The van der Waals surface area contributed by atoms with Crippen LogP contribution in [0, 0.1) is 11.7 Å². The molecule has 2 N–H and O–H groups in total. The van der Waals surface area contributed by atoms with Crippen LogP contribution in [0.1, 0.15) is 55.8 Å². The van der Waals surface area contributed by atoms with E-state index in [0.717, 1.165) is 60.8 Å². The Kier molecular flexibility index (Phi) is 7.92. The van der Waals surface area contributed by atoms with Crippen molar-refractivity contribution >= 4 is 34.0 Å². The fourth-order valence-electron chi connectivity index (χ4n) is 5.04. The van der Waals surface area contributed by atoms with Gasteiger partial charge in [0.25, 0.3) is 0 Å². The number of rotatable bonds is 8. The minimum absolute atomic E-state index is 0.0436. The van der Waals surface area contributed by atoms with Gasteiger partial charge in [0.2, 0.25) is 0 Å². The van der Waals surface area contributed by atoms with Crippen molar-refractivity contribution < 1.29 is 14.3 Å². The van der Waals surface area contributed by atoms with Gasteiger partial charge in [0.15, 0.2) is 17.3 Å². The molecule has 1 aliphatic carbocycles. The Hall–Kier alpha value is -2.70. The van der Waals surface area contributed by atoms with E-state index in [2.05, 4.69) is 29.3 Å². The molecule has 1 saturated carbocycles. The first-order valence-corrected chi connectivity index (χ1v) is 12.7. The highest BCUT2D eigenvalue weighted by Gasteiger charge is 2.24. The van der Waals surface area contributed by atoms with Gasteiger partial charge in [0.05, 0.1) is 21.8 Å². The summed E-state index contributed by atoms with van der Waals surface area (Å²) < 4.78 is 14.2. The zero-order valence-corrected chi connectivity index (χ0v) is 21.3. The number of nitrogens with one attached hydrogen (secondary N) is 1. The van der Waals surface area contributed by atoms with Gasteiger partial charge in [-0.25, -0.2) is 4.39 Å². The molecule has 186 valence electrons. The van der Waals surface area contributed by atoms with Gasteiger partial charge >= 0.3 is 0 Å². The number of carbonyl (C=O) groups excluding carboxylic acids is 1. The van der Waals surface area contributed by atoms with Crippen molar-refractivity contribution in [2.24, 2.45) is 5.92 Å². The lowest BCUT2D eigenvalue weighted by Crippen LogP contribution is -2.31. The second-order valence-corrected chi connectivity index (χ2v) is 10.3. The third-order valence-corrected chi connectivity index (χ3v) is 7.10. The molecule has 2 aromatic carbocycles. The number of carbonyl (C=O) groups is 1. The molecule has 7 heteroatoms. The summed E-state index contributed by atoms with van der Waals surface area (Å²) in [5.41, 5.74) is 3.44.